The zero-order valence-corrected chi connectivity index (χ0v) is 18.1. The number of urea groups is 1. The first-order chi connectivity index (χ1) is 13.4. The van der Waals surface area contributed by atoms with Gasteiger partial charge >= 0.3 is 6.03 Å². The molecule has 1 N–H and O–H groups in total. The van der Waals surface area contributed by atoms with Crippen molar-refractivity contribution in [3.63, 3.8) is 0 Å². The Morgan fingerprint density at radius 3 is 2.54 bits per heavy atom. The van der Waals surface area contributed by atoms with Gasteiger partial charge in [0, 0.05) is 49.9 Å². The van der Waals surface area contributed by atoms with Crippen LogP contribution in [-0.2, 0) is 6.54 Å². The summed E-state index contributed by atoms with van der Waals surface area (Å²) in [6.07, 6.45) is 5.58. The average molecular weight is 441 g/mol. The van der Waals surface area contributed by atoms with E-state index < -0.39 is 0 Å². The Bertz CT molecular complexity index is 805. The smallest absolute Gasteiger partial charge is 0.317 e. The molecule has 0 bridgehead atoms. The van der Waals surface area contributed by atoms with E-state index in [1.54, 1.807) is 12.1 Å². The fourth-order valence-electron chi connectivity index (χ4n) is 2.73. The average Bonchev–Trinajstić information content (AvgIpc) is 2.71. The van der Waals surface area contributed by atoms with E-state index in [4.69, 9.17) is 34.8 Å². The molecular weight excluding hydrogens is 417 g/mol. The van der Waals surface area contributed by atoms with Crippen molar-refractivity contribution in [2.24, 2.45) is 0 Å². The van der Waals surface area contributed by atoms with Crippen molar-refractivity contribution in [2.75, 3.05) is 32.7 Å². The van der Waals surface area contributed by atoms with Gasteiger partial charge in [-0.3, -0.25) is 4.90 Å². The molecule has 4 nitrogen and oxygen atoms in total. The Balaban J connectivity index is 1.79. The molecule has 0 spiro atoms. The van der Waals surface area contributed by atoms with Gasteiger partial charge in [0.25, 0.3) is 0 Å². The highest BCUT2D eigenvalue weighted by molar-refractivity contribution is 6.42. The minimum atomic E-state index is -0.0787. The molecule has 0 aromatic heterocycles. The third kappa shape index (κ3) is 7.05. The SMILES string of the molecule is C=C=C(C=CC(Cl)=CC)CN1CCN(C(=O)NCc2ccc(Cl)c(Cl)c2)CC1. The van der Waals surface area contributed by atoms with Gasteiger partial charge < -0.3 is 10.2 Å². The lowest BCUT2D eigenvalue weighted by Gasteiger charge is -2.34. The van der Waals surface area contributed by atoms with Crippen LogP contribution in [0.1, 0.15) is 12.5 Å². The highest BCUT2D eigenvalue weighted by Crippen LogP contribution is 2.22. The molecule has 2 rings (SSSR count). The van der Waals surface area contributed by atoms with Crippen LogP contribution in [0.15, 0.2) is 59.3 Å². The van der Waals surface area contributed by atoms with E-state index in [0.29, 0.717) is 34.7 Å². The second-order valence-corrected chi connectivity index (χ2v) is 7.63. The number of nitrogens with zero attached hydrogens (tertiary/aromatic N) is 2. The number of nitrogens with one attached hydrogen (secondary N) is 1. The lowest BCUT2D eigenvalue weighted by atomic mass is 10.2. The third-order valence-corrected chi connectivity index (χ3v) is 5.51. The van der Waals surface area contributed by atoms with Crippen molar-refractivity contribution >= 4 is 40.8 Å². The number of benzene rings is 1. The van der Waals surface area contributed by atoms with Crippen LogP contribution in [0.3, 0.4) is 0 Å². The van der Waals surface area contributed by atoms with Gasteiger partial charge in [-0.05, 0) is 36.8 Å². The standard InChI is InChI=1S/C21H24Cl3N3O/c1-3-16(5-7-18(22)4-2)15-26-9-11-27(12-10-26)21(28)25-14-17-6-8-19(23)20(24)13-17/h4-8,13H,1,9-12,14-15H2,2H3,(H,25,28). The molecule has 0 atom stereocenters. The summed E-state index contributed by atoms with van der Waals surface area (Å²) < 4.78 is 0. The largest absolute Gasteiger partial charge is 0.334 e. The van der Waals surface area contributed by atoms with E-state index in [9.17, 15) is 4.79 Å². The van der Waals surface area contributed by atoms with Gasteiger partial charge in [-0.2, -0.15) is 0 Å². The topological polar surface area (TPSA) is 35.6 Å². The van der Waals surface area contributed by atoms with Crippen LogP contribution >= 0.6 is 34.8 Å². The Hall–Kier alpha value is -1.68. The van der Waals surface area contributed by atoms with Crippen molar-refractivity contribution in [1.82, 2.24) is 15.1 Å². The molecule has 7 heteroatoms. The van der Waals surface area contributed by atoms with Crippen LogP contribution in [0.25, 0.3) is 0 Å². The summed E-state index contributed by atoms with van der Waals surface area (Å²) >= 11 is 17.9. The van der Waals surface area contributed by atoms with Gasteiger partial charge in [-0.25, -0.2) is 4.79 Å². The number of amides is 2. The molecule has 1 heterocycles. The van der Waals surface area contributed by atoms with Crippen LogP contribution < -0.4 is 5.32 Å². The summed E-state index contributed by atoms with van der Waals surface area (Å²) in [5, 5.41) is 4.59. The normalized spacial score (nSPS) is 15.6. The first-order valence-electron chi connectivity index (χ1n) is 9.00. The Labute approximate surface area is 181 Å². The number of carbonyl (C=O) groups is 1. The highest BCUT2D eigenvalue weighted by atomic mass is 35.5. The first-order valence-corrected chi connectivity index (χ1v) is 10.1. The minimum Gasteiger partial charge on any atom is -0.334 e. The van der Waals surface area contributed by atoms with Crippen LogP contribution in [0.2, 0.25) is 10.0 Å². The quantitative estimate of drug-likeness (QED) is 0.485. The van der Waals surface area contributed by atoms with Crippen LogP contribution in [0.4, 0.5) is 4.79 Å². The Morgan fingerprint density at radius 1 is 1.21 bits per heavy atom. The maximum Gasteiger partial charge on any atom is 0.317 e. The zero-order chi connectivity index (χ0) is 20.5. The summed E-state index contributed by atoms with van der Waals surface area (Å²) in [6, 6.07) is 5.26. The predicted octanol–water partition coefficient (Wildman–Crippen LogP) is 5.23. The summed E-state index contributed by atoms with van der Waals surface area (Å²) in [5.74, 6) is 0. The van der Waals surface area contributed by atoms with Crippen LogP contribution in [0, 0.1) is 0 Å². The number of rotatable bonds is 6. The van der Waals surface area contributed by atoms with Gasteiger partial charge in [0.1, 0.15) is 0 Å². The molecule has 1 aliphatic rings. The number of hydrogen-bond donors (Lipinski definition) is 1. The van der Waals surface area contributed by atoms with Gasteiger partial charge in [0.05, 0.1) is 10.0 Å². The molecule has 1 aliphatic heterocycles. The molecule has 0 radical (unpaired) electrons. The van der Waals surface area contributed by atoms with Crippen molar-refractivity contribution in [3.05, 3.63) is 75.0 Å². The summed E-state index contributed by atoms with van der Waals surface area (Å²) in [6.45, 7) is 9.67. The summed E-state index contributed by atoms with van der Waals surface area (Å²) in [4.78, 5) is 16.5. The molecule has 0 aliphatic carbocycles. The monoisotopic (exact) mass is 439 g/mol. The fraction of sp³-hybridized carbons (Fsp3) is 0.333. The molecule has 1 fully saturated rings. The van der Waals surface area contributed by atoms with Crippen molar-refractivity contribution < 1.29 is 4.79 Å². The van der Waals surface area contributed by atoms with E-state index in [1.165, 1.54) is 0 Å². The number of allylic oxidation sites excluding steroid dienone is 3. The molecule has 28 heavy (non-hydrogen) atoms. The molecular formula is C21H24Cl3N3O. The minimum absolute atomic E-state index is 0.0787. The maximum absolute atomic E-state index is 12.4. The third-order valence-electron chi connectivity index (χ3n) is 4.43. The van der Waals surface area contributed by atoms with Crippen molar-refractivity contribution in [3.8, 4) is 0 Å². The number of halogens is 3. The van der Waals surface area contributed by atoms with Crippen molar-refractivity contribution in [2.45, 2.75) is 13.5 Å². The lowest BCUT2D eigenvalue weighted by Crippen LogP contribution is -2.51. The zero-order valence-electron chi connectivity index (χ0n) is 15.9. The first kappa shape index (κ1) is 22.6. The van der Waals surface area contributed by atoms with E-state index in [1.807, 2.05) is 36.1 Å². The Morgan fingerprint density at radius 2 is 1.93 bits per heavy atom. The molecule has 0 unspecified atom stereocenters. The summed E-state index contributed by atoms with van der Waals surface area (Å²) in [7, 11) is 0. The molecule has 1 saturated heterocycles. The maximum atomic E-state index is 12.4. The van der Waals surface area contributed by atoms with Gasteiger partial charge in [-0.1, -0.05) is 53.5 Å². The molecule has 1 aromatic carbocycles. The van der Waals surface area contributed by atoms with Crippen LogP contribution in [-0.4, -0.2) is 48.6 Å². The lowest BCUT2D eigenvalue weighted by molar-refractivity contribution is 0.145. The fourth-order valence-corrected chi connectivity index (χ4v) is 3.12. The molecule has 150 valence electrons. The predicted molar refractivity (Wildman–Crippen MR) is 118 cm³/mol. The summed E-state index contributed by atoms with van der Waals surface area (Å²) in [5.41, 5.74) is 4.83. The molecule has 2 amide bonds. The molecule has 1 aromatic rings. The number of hydrogen-bond acceptors (Lipinski definition) is 2. The Kier molecular flexibility index (Phi) is 9.17. The number of piperazine rings is 1. The van der Waals surface area contributed by atoms with E-state index >= 15 is 0 Å². The highest BCUT2D eigenvalue weighted by Gasteiger charge is 2.21. The molecule has 0 saturated carbocycles. The van der Waals surface area contributed by atoms with Gasteiger partial charge in [-0.15, -0.1) is 5.73 Å². The van der Waals surface area contributed by atoms with Gasteiger partial charge in [0.2, 0.25) is 0 Å². The second-order valence-electron chi connectivity index (χ2n) is 6.38. The van der Waals surface area contributed by atoms with E-state index in [-0.39, 0.29) is 6.03 Å². The van der Waals surface area contributed by atoms with E-state index in [2.05, 4.69) is 22.5 Å². The van der Waals surface area contributed by atoms with Gasteiger partial charge in [0.15, 0.2) is 0 Å². The van der Waals surface area contributed by atoms with Crippen molar-refractivity contribution in [1.29, 1.82) is 0 Å². The second kappa shape index (κ2) is 11.4. The van der Waals surface area contributed by atoms with Crippen LogP contribution in [0.5, 0.6) is 0 Å². The van der Waals surface area contributed by atoms with E-state index in [0.717, 1.165) is 30.8 Å². The number of carbonyl (C=O) groups excluding carboxylic acids is 1.